The number of rotatable bonds is 6. The van der Waals surface area contributed by atoms with E-state index in [0.29, 0.717) is 24.4 Å². The fraction of sp³-hybridized carbons (Fsp3) is 0.391. The summed E-state index contributed by atoms with van der Waals surface area (Å²) in [6.07, 6.45) is -0.406. The van der Waals surface area contributed by atoms with Crippen molar-refractivity contribution in [3.63, 3.8) is 0 Å². The molecule has 3 aromatic rings. The van der Waals surface area contributed by atoms with Crippen molar-refractivity contribution < 1.29 is 22.7 Å². The second-order valence-corrected chi connectivity index (χ2v) is 7.89. The van der Waals surface area contributed by atoms with Crippen LogP contribution in [0.1, 0.15) is 35.8 Å². The minimum absolute atomic E-state index is 0.106. The van der Waals surface area contributed by atoms with E-state index < -0.39 is 6.36 Å². The third-order valence-corrected chi connectivity index (χ3v) is 5.78. The van der Waals surface area contributed by atoms with Gasteiger partial charge < -0.3 is 15.0 Å². The van der Waals surface area contributed by atoms with Gasteiger partial charge >= 0.3 is 6.36 Å². The molecule has 0 saturated carbocycles. The first kappa shape index (κ1) is 22.0. The SMILES string of the molecule is CCc1nn2ccccc2c1C(=O)NCC1CCN(c2ccc(OC(F)(F)F)cc2)CC1. The quantitative estimate of drug-likeness (QED) is 0.608. The summed E-state index contributed by atoms with van der Waals surface area (Å²) in [4.78, 5) is 15.0. The van der Waals surface area contributed by atoms with Crippen LogP contribution in [0.4, 0.5) is 18.9 Å². The number of carbonyl (C=O) groups excluding carboxylic acids is 1. The maximum absolute atomic E-state index is 12.9. The van der Waals surface area contributed by atoms with E-state index in [0.717, 1.165) is 42.8 Å². The predicted octanol–water partition coefficient (Wildman–Crippen LogP) is 4.44. The molecule has 4 rings (SSSR count). The molecule has 9 heteroatoms. The number of anilines is 1. The molecule has 1 fully saturated rings. The van der Waals surface area contributed by atoms with E-state index in [1.54, 1.807) is 16.6 Å². The fourth-order valence-electron chi connectivity index (χ4n) is 4.12. The Morgan fingerprint density at radius 3 is 2.53 bits per heavy atom. The number of carbonyl (C=O) groups is 1. The second kappa shape index (κ2) is 9.10. The number of aromatic nitrogens is 2. The van der Waals surface area contributed by atoms with Gasteiger partial charge in [-0.1, -0.05) is 13.0 Å². The van der Waals surface area contributed by atoms with Crippen LogP contribution >= 0.6 is 0 Å². The summed E-state index contributed by atoms with van der Waals surface area (Å²) in [5.74, 6) is 0.0127. The monoisotopic (exact) mass is 446 g/mol. The lowest BCUT2D eigenvalue weighted by Crippen LogP contribution is -2.38. The van der Waals surface area contributed by atoms with E-state index in [2.05, 4.69) is 20.1 Å². The van der Waals surface area contributed by atoms with Crippen LogP contribution in [0, 0.1) is 5.92 Å². The van der Waals surface area contributed by atoms with E-state index in [-0.39, 0.29) is 11.7 Å². The van der Waals surface area contributed by atoms with Gasteiger partial charge in [0.05, 0.1) is 16.8 Å². The zero-order valence-corrected chi connectivity index (χ0v) is 17.7. The van der Waals surface area contributed by atoms with E-state index >= 15 is 0 Å². The van der Waals surface area contributed by atoms with Crippen LogP contribution in [0.3, 0.4) is 0 Å². The summed E-state index contributed by atoms with van der Waals surface area (Å²) in [6, 6.07) is 11.6. The van der Waals surface area contributed by atoms with Gasteiger partial charge in [0.1, 0.15) is 5.75 Å². The van der Waals surface area contributed by atoms with Crippen molar-refractivity contribution in [1.29, 1.82) is 0 Å². The molecule has 1 saturated heterocycles. The first-order valence-electron chi connectivity index (χ1n) is 10.7. The number of ether oxygens (including phenoxy) is 1. The van der Waals surface area contributed by atoms with Gasteiger partial charge in [0.2, 0.25) is 0 Å². The number of hydrogen-bond donors (Lipinski definition) is 1. The number of alkyl halides is 3. The fourth-order valence-corrected chi connectivity index (χ4v) is 4.12. The maximum atomic E-state index is 12.9. The Morgan fingerprint density at radius 2 is 1.88 bits per heavy atom. The van der Waals surface area contributed by atoms with Crippen LogP contribution in [-0.4, -0.2) is 41.5 Å². The summed E-state index contributed by atoms with van der Waals surface area (Å²) in [5, 5.41) is 7.57. The maximum Gasteiger partial charge on any atom is 0.573 e. The summed E-state index contributed by atoms with van der Waals surface area (Å²) in [5.41, 5.74) is 3.07. The minimum Gasteiger partial charge on any atom is -0.406 e. The van der Waals surface area contributed by atoms with Gasteiger partial charge in [-0.3, -0.25) is 4.79 Å². The average molecular weight is 446 g/mol. The van der Waals surface area contributed by atoms with Crippen LogP contribution in [0.5, 0.6) is 5.75 Å². The molecular weight excluding hydrogens is 421 g/mol. The Bertz CT molecular complexity index is 1070. The average Bonchev–Trinajstić information content (AvgIpc) is 3.16. The predicted molar refractivity (Wildman–Crippen MR) is 115 cm³/mol. The van der Waals surface area contributed by atoms with Gasteiger partial charge in [0, 0.05) is 31.5 Å². The summed E-state index contributed by atoms with van der Waals surface area (Å²) in [6.45, 7) is 4.11. The molecule has 3 heterocycles. The van der Waals surface area contributed by atoms with E-state index in [1.165, 1.54) is 12.1 Å². The summed E-state index contributed by atoms with van der Waals surface area (Å²) >= 11 is 0. The van der Waals surface area contributed by atoms with Crippen molar-refractivity contribution in [2.45, 2.75) is 32.5 Å². The Balaban J connectivity index is 1.31. The molecule has 1 aliphatic rings. The molecule has 1 N–H and O–H groups in total. The van der Waals surface area contributed by atoms with Crippen LogP contribution < -0.4 is 15.0 Å². The molecule has 0 unspecified atom stereocenters. The van der Waals surface area contributed by atoms with Crippen molar-refractivity contribution >= 4 is 17.1 Å². The van der Waals surface area contributed by atoms with Gasteiger partial charge in [-0.2, -0.15) is 5.10 Å². The first-order chi connectivity index (χ1) is 15.3. The van der Waals surface area contributed by atoms with E-state index in [1.807, 2.05) is 31.3 Å². The number of piperidine rings is 1. The van der Waals surface area contributed by atoms with Crippen molar-refractivity contribution in [1.82, 2.24) is 14.9 Å². The third-order valence-electron chi connectivity index (χ3n) is 5.78. The molecule has 1 aliphatic heterocycles. The van der Waals surface area contributed by atoms with Crippen molar-refractivity contribution in [2.75, 3.05) is 24.5 Å². The lowest BCUT2D eigenvalue weighted by Gasteiger charge is -2.33. The van der Waals surface area contributed by atoms with Crippen LogP contribution in [0.15, 0.2) is 48.7 Å². The smallest absolute Gasteiger partial charge is 0.406 e. The lowest BCUT2D eigenvalue weighted by atomic mass is 9.96. The van der Waals surface area contributed by atoms with Gasteiger partial charge in [0.15, 0.2) is 0 Å². The van der Waals surface area contributed by atoms with Gasteiger partial charge in [-0.25, -0.2) is 4.52 Å². The second-order valence-electron chi connectivity index (χ2n) is 7.89. The molecule has 1 aromatic carbocycles. The number of amides is 1. The normalized spacial score (nSPS) is 15.2. The summed E-state index contributed by atoms with van der Waals surface area (Å²) < 4.78 is 42.6. The Morgan fingerprint density at radius 1 is 1.16 bits per heavy atom. The van der Waals surface area contributed by atoms with E-state index in [4.69, 9.17) is 0 Å². The standard InChI is InChI=1S/C23H25F3N4O2/c1-2-19-21(20-5-3-4-12-30(20)28-19)22(31)27-15-16-10-13-29(14-11-16)17-6-8-18(9-7-17)32-23(24,25)26/h3-9,12,16H,2,10-11,13-15H2,1H3,(H,27,31). The zero-order valence-electron chi connectivity index (χ0n) is 17.7. The highest BCUT2D eigenvalue weighted by molar-refractivity contribution is 6.02. The van der Waals surface area contributed by atoms with Crippen LogP contribution in [0.2, 0.25) is 0 Å². The summed E-state index contributed by atoms with van der Waals surface area (Å²) in [7, 11) is 0. The molecule has 1 amide bonds. The lowest BCUT2D eigenvalue weighted by molar-refractivity contribution is -0.274. The first-order valence-corrected chi connectivity index (χ1v) is 10.7. The molecule has 32 heavy (non-hydrogen) atoms. The highest BCUT2D eigenvalue weighted by atomic mass is 19.4. The van der Waals surface area contributed by atoms with Crippen molar-refractivity contribution in [2.24, 2.45) is 5.92 Å². The highest BCUT2D eigenvalue weighted by Crippen LogP contribution is 2.28. The number of pyridine rings is 1. The van der Waals surface area contributed by atoms with Gasteiger partial charge in [0.25, 0.3) is 5.91 Å². The number of halogens is 3. The molecule has 2 aromatic heterocycles. The van der Waals surface area contributed by atoms with Gasteiger partial charge in [-0.05, 0) is 61.6 Å². The van der Waals surface area contributed by atoms with E-state index in [9.17, 15) is 18.0 Å². The molecular formula is C23H25F3N4O2. The number of nitrogens with one attached hydrogen (secondary N) is 1. The van der Waals surface area contributed by atoms with Crippen molar-refractivity contribution in [3.05, 3.63) is 59.9 Å². The minimum atomic E-state index is -4.69. The third kappa shape index (κ3) is 4.98. The number of fused-ring (bicyclic) bond motifs is 1. The molecule has 0 radical (unpaired) electrons. The molecule has 0 atom stereocenters. The number of aryl methyl sites for hydroxylation is 1. The Hall–Kier alpha value is -3.23. The largest absolute Gasteiger partial charge is 0.573 e. The Kier molecular flexibility index (Phi) is 6.25. The molecule has 0 bridgehead atoms. The van der Waals surface area contributed by atoms with Crippen LogP contribution in [0.25, 0.3) is 5.52 Å². The molecule has 0 aliphatic carbocycles. The molecule has 170 valence electrons. The highest BCUT2D eigenvalue weighted by Gasteiger charge is 2.31. The van der Waals surface area contributed by atoms with Gasteiger partial charge in [-0.15, -0.1) is 13.2 Å². The topological polar surface area (TPSA) is 58.9 Å². The van der Waals surface area contributed by atoms with Crippen LogP contribution in [-0.2, 0) is 6.42 Å². The number of benzene rings is 1. The molecule has 6 nitrogen and oxygen atoms in total. The number of nitrogens with zero attached hydrogens (tertiary/aromatic N) is 3. The zero-order chi connectivity index (χ0) is 22.7. The Labute approximate surface area is 184 Å². The van der Waals surface area contributed by atoms with Crippen molar-refractivity contribution in [3.8, 4) is 5.75 Å². The number of hydrogen-bond acceptors (Lipinski definition) is 4. The molecule has 0 spiro atoms.